The number of methoxy groups -OCH3 is 4. The number of hydrogen-bond acceptors (Lipinski definition) is 5. The van der Waals surface area contributed by atoms with Gasteiger partial charge in [-0.1, -0.05) is 13.8 Å². The van der Waals surface area contributed by atoms with Gasteiger partial charge in [-0.15, -0.1) is 0 Å². The Hall–Kier alpha value is -0.650. The summed E-state index contributed by atoms with van der Waals surface area (Å²) in [4.78, 5) is 11.9. The summed E-state index contributed by atoms with van der Waals surface area (Å²) in [7, 11) is 5.96. The van der Waals surface area contributed by atoms with E-state index in [0.717, 1.165) is 12.8 Å². The first-order chi connectivity index (χ1) is 8.35. The number of ether oxygens (including phenoxy) is 4. The number of rotatable bonds is 5. The van der Waals surface area contributed by atoms with Crippen LogP contribution in [0.2, 0.25) is 0 Å². The minimum absolute atomic E-state index is 0.0321. The molecule has 5 heteroatoms. The molecule has 0 aliphatic heterocycles. The normalized spacial score (nSPS) is 27.2. The minimum Gasteiger partial charge on any atom is -0.469 e. The Bertz CT molecular complexity index is 287. The van der Waals surface area contributed by atoms with Crippen LogP contribution in [0.15, 0.2) is 0 Å². The average Bonchev–Trinajstić information content (AvgIpc) is 2.68. The van der Waals surface area contributed by atoms with Crippen molar-refractivity contribution in [2.75, 3.05) is 28.4 Å². The van der Waals surface area contributed by atoms with Gasteiger partial charge >= 0.3 is 5.97 Å². The van der Waals surface area contributed by atoms with Crippen LogP contribution in [0, 0.1) is 17.3 Å². The van der Waals surface area contributed by atoms with E-state index >= 15 is 0 Å². The Labute approximate surface area is 109 Å². The van der Waals surface area contributed by atoms with Gasteiger partial charge in [0.25, 0.3) is 5.97 Å². The van der Waals surface area contributed by atoms with Crippen molar-refractivity contribution in [2.24, 2.45) is 17.3 Å². The minimum atomic E-state index is -1.19. The van der Waals surface area contributed by atoms with Crippen LogP contribution in [-0.2, 0) is 23.7 Å². The second-order valence-electron chi connectivity index (χ2n) is 5.52. The summed E-state index contributed by atoms with van der Waals surface area (Å²) in [6.07, 6.45) is 1.52. The fourth-order valence-corrected chi connectivity index (χ4v) is 3.03. The van der Waals surface area contributed by atoms with Crippen molar-refractivity contribution in [3.8, 4) is 0 Å². The third-order valence-electron chi connectivity index (χ3n) is 3.84. The fraction of sp³-hybridized carbons (Fsp3) is 0.923. The molecule has 0 N–H and O–H groups in total. The molecule has 0 aromatic heterocycles. The topological polar surface area (TPSA) is 54.0 Å². The molecule has 1 aliphatic carbocycles. The van der Waals surface area contributed by atoms with Gasteiger partial charge in [-0.25, -0.2) is 0 Å². The van der Waals surface area contributed by atoms with E-state index in [9.17, 15) is 4.79 Å². The summed E-state index contributed by atoms with van der Waals surface area (Å²) in [6, 6.07) is 0. The zero-order chi connectivity index (χ0) is 14.0. The molecule has 5 nitrogen and oxygen atoms in total. The molecule has 1 saturated carbocycles. The van der Waals surface area contributed by atoms with Gasteiger partial charge in [-0.05, 0) is 18.3 Å². The molecule has 18 heavy (non-hydrogen) atoms. The van der Waals surface area contributed by atoms with Crippen LogP contribution in [0.5, 0.6) is 0 Å². The lowest BCUT2D eigenvalue weighted by Gasteiger charge is -2.36. The van der Waals surface area contributed by atoms with Crippen molar-refractivity contribution in [3.05, 3.63) is 0 Å². The number of carbonyl (C=O) groups is 1. The predicted octanol–water partition coefficient (Wildman–Crippen LogP) is 1.80. The second kappa shape index (κ2) is 5.55. The van der Waals surface area contributed by atoms with E-state index in [0.29, 0.717) is 0 Å². The molecule has 0 unspecified atom stereocenters. The van der Waals surface area contributed by atoms with E-state index in [1.807, 2.05) is 0 Å². The highest BCUT2D eigenvalue weighted by molar-refractivity contribution is 5.73. The fourth-order valence-electron chi connectivity index (χ4n) is 3.03. The van der Waals surface area contributed by atoms with Gasteiger partial charge in [0.1, 0.15) is 0 Å². The Balaban J connectivity index is 3.06. The van der Waals surface area contributed by atoms with E-state index in [4.69, 9.17) is 18.9 Å². The molecule has 106 valence electrons. The summed E-state index contributed by atoms with van der Waals surface area (Å²) in [5, 5.41) is 0. The van der Waals surface area contributed by atoms with Gasteiger partial charge in [0.2, 0.25) is 0 Å². The highest BCUT2D eigenvalue weighted by atomic mass is 16.9. The largest absolute Gasteiger partial charge is 0.469 e. The first-order valence-corrected chi connectivity index (χ1v) is 6.09. The molecule has 0 bridgehead atoms. The molecule has 0 saturated heterocycles. The molecular weight excluding hydrogens is 236 g/mol. The lowest BCUT2D eigenvalue weighted by atomic mass is 9.90. The lowest BCUT2D eigenvalue weighted by Crippen LogP contribution is -2.47. The van der Waals surface area contributed by atoms with E-state index in [-0.39, 0.29) is 23.2 Å². The first kappa shape index (κ1) is 15.4. The van der Waals surface area contributed by atoms with Crippen LogP contribution in [0.1, 0.15) is 26.7 Å². The standard InChI is InChI=1S/C13H24O5/c1-12(2)7-9(11(14)15-3)10(8-12)13(16-4,17-5)18-6/h9-10H,7-8H2,1-6H3/t9-,10-/m0/s1. The molecular formula is C13H24O5. The van der Waals surface area contributed by atoms with Gasteiger partial charge in [0, 0.05) is 21.3 Å². The van der Waals surface area contributed by atoms with Gasteiger partial charge < -0.3 is 18.9 Å². The molecule has 1 rings (SSSR count). The van der Waals surface area contributed by atoms with Crippen molar-refractivity contribution in [1.82, 2.24) is 0 Å². The van der Waals surface area contributed by atoms with E-state index < -0.39 is 5.97 Å². The van der Waals surface area contributed by atoms with Crippen molar-refractivity contribution in [2.45, 2.75) is 32.7 Å². The van der Waals surface area contributed by atoms with Gasteiger partial charge in [0.15, 0.2) is 0 Å². The molecule has 0 spiro atoms. The molecule has 0 aromatic rings. The van der Waals surface area contributed by atoms with Crippen LogP contribution in [0.4, 0.5) is 0 Å². The Morgan fingerprint density at radius 1 is 1.06 bits per heavy atom. The summed E-state index contributed by atoms with van der Waals surface area (Å²) < 4.78 is 21.0. The number of hydrogen-bond donors (Lipinski definition) is 0. The number of esters is 1. The zero-order valence-electron chi connectivity index (χ0n) is 12.1. The van der Waals surface area contributed by atoms with Crippen LogP contribution in [-0.4, -0.2) is 40.4 Å². The van der Waals surface area contributed by atoms with Crippen LogP contribution >= 0.6 is 0 Å². The molecule has 0 amide bonds. The summed E-state index contributed by atoms with van der Waals surface area (Å²) in [5.41, 5.74) is 0.0321. The van der Waals surface area contributed by atoms with Crippen LogP contribution in [0.25, 0.3) is 0 Å². The maximum absolute atomic E-state index is 11.9. The predicted molar refractivity (Wildman–Crippen MR) is 65.8 cm³/mol. The monoisotopic (exact) mass is 260 g/mol. The summed E-state index contributed by atoms with van der Waals surface area (Å²) in [5.74, 6) is -1.88. The third-order valence-corrected chi connectivity index (χ3v) is 3.84. The highest BCUT2D eigenvalue weighted by Crippen LogP contribution is 2.51. The van der Waals surface area contributed by atoms with Gasteiger partial charge in [0.05, 0.1) is 18.9 Å². The Morgan fingerprint density at radius 3 is 1.94 bits per heavy atom. The first-order valence-electron chi connectivity index (χ1n) is 6.09. The van der Waals surface area contributed by atoms with Gasteiger partial charge in [-0.3, -0.25) is 4.79 Å². The number of carbonyl (C=O) groups excluding carboxylic acids is 1. The third kappa shape index (κ3) is 2.68. The lowest BCUT2D eigenvalue weighted by molar-refractivity contribution is -0.382. The van der Waals surface area contributed by atoms with Crippen molar-refractivity contribution in [1.29, 1.82) is 0 Å². The van der Waals surface area contributed by atoms with Crippen LogP contribution < -0.4 is 0 Å². The molecule has 2 atom stereocenters. The molecule has 0 aromatic carbocycles. The molecule has 0 radical (unpaired) electrons. The Kier molecular flexibility index (Phi) is 4.75. The van der Waals surface area contributed by atoms with Crippen LogP contribution in [0.3, 0.4) is 0 Å². The van der Waals surface area contributed by atoms with Gasteiger partial charge in [-0.2, -0.15) is 0 Å². The SMILES string of the molecule is COC(=O)[C@H]1CC(C)(C)C[C@@H]1C(OC)(OC)OC. The van der Waals surface area contributed by atoms with Crippen molar-refractivity contribution in [3.63, 3.8) is 0 Å². The average molecular weight is 260 g/mol. The quantitative estimate of drug-likeness (QED) is 0.557. The summed E-state index contributed by atoms with van der Waals surface area (Å²) >= 11 is 0. The maximum Gasteiger partial charge on any atom is 0.309 e. The van der Waals surface area contributed by atoms with E-state index in [1.54, 1.807) is 0 Å². The van der Waals surface area contributed by atoms with Crippen molar-refractivity contribution >= 4 is 5.97 Å². The van der Waals surface area contributed by atoms with E-state index in [1.165, 1.54) is 28.4 Å². The molecule has 0 heterocycles. The zero-order valence-corrected chi connectivity index (χ0v) is 12.1. The molecule has 1 aliphatic rings. The Morgan fingerprint density at radius 2 is 1.56 bits per heavy atom. The smallest absolute Gasteiger partial charge is 0.309 e. The summed E-state index contributed by atoms with van der Waals surface area (Å²) in [6.45, 7) is 4.24. The maximum atomic E-state index is 11.9. The second-order valence-corrected chi connectivity index (χ2v) is 5.52. The van der Waals surface area contributed by atoms with Crippen molar-refractivity contribution < 1.29 is 23.7 Å². The molecule has 1 fully saturated rings. The van der Waals surface area contributed by atoms with E-state index in [2.05, 4.69) is 13.8 Å². The highest BCUT2D eigenvalue weighted by Gasteiger charge is 2.55.